The van der Waals surface area contributed by atoms with Gasteiger partial charge in [-0.3, -0.25) is 14.9 Å². The number of non-ortho nitro benzene ring substituents is 1. The molecule has 0 spiro atoms. The average molecular weight is 586 g/mol. The largest absolute Gasteiger partial charge is 0.493 e. The van der Waals surface area contributed by atoms with Crippen molar-refractivity contribution in [3.05, 3.63) is 102 Å². The lowest BCUT2D eigenvalue weighted by molar-refractivity contribution is -0.384. The van der Waals surface area contributed by atoms with Gasteiger partial charge in [-0.15, -0.1) is 0 Å². The van der Waals surface area contributed by atoms with Gasteiger partial charge < -0.3 is 9.47 Å². The minimum Gasteiger partial charge on any atom is -0.493 e. The third-order valence-corrected chi connectivity index (χ3v) is 6.20. The fourth-order valence-electron chi connectivity index (χ4n) is 3.65. The summed E-state index contributed by atoms with van der Waals surface area (Å²) in [7, 11) is 1.47. The highest BCUT2D eigenvalue weighted by molar-refractivity contribution is 9.10. The Labute approximate surface area is 225 Å². The quantitative estimate of drug-likeness (QED) is 0.136. The van der Waals surface area contributed by atoms with Gasteiger partial charge >= 0.3 is 0 Å². The maximum Gasteiger partial charge on any atom is 0.282 e. The first-order chi connectivity index (χ1) is 17.7. The Bertz CT molecular complexity index is 1590. The van der Waals surface area contributed by atoms with Gasteiger partial charge in [0.2, 0.25) is 0 Å². The maximum absolute atomic E-state index is 13.2. The summed E-state index contributed by atoms with van der Waals surface area (Å²) in [4.78, 5) is 28.4. The SMILES string of the molecule is COc1cc(C=Nn2c(C(C)C)nc3ccc(Br)cc3c2=O)cc(Cl)c1OCc1cccc([N+](=O)[O-])c1. The van der Waals surface area contributed by atoms with E-state index in [0.717, 1.165) is 4.47 Å². The van der Waals surface area contributed by atoms with Crippen LogP contribution in [0.5, 0.6) is 11.5 Å². The number of nitro benzene ring substituents is 1. The molecule has 0 N–H and O–H groups in total. The van der Waals surface area contributed by atoms with Gasteiger partial charge in [0.15, 0.2) is 11.5 Å². The van der Waals surface area contributed by atoms with Crippen molar-refractivity contribution in [1.82, 2.24) is 9.66 Å². The number of nitro groups is 1. The average Bonchev–Trinajstić information content (AvgIpc) is 2.87. The molecule has 190 valence electrons. The number of nitrogens with zero attached hydrogens (tertiary/aromatic N) is 4. The molecule has 0 fully saturated rings. The highest BCUT2D eigenvalue weighted by atomic mass is 79.9. The third-order valence-electron chi connectivity index (χ3n) is 5.43. The predicted molar refractivity (Wildman–Crippen MR) is 146 cm³/mol. The van der Waals surface area contributed by atoms with Gasteiger partial charge in [-0.2, -0.15) is 9.78 Å². The molecule has 1 aromatic heterocycles. The molecule has 3 aromatic carbocycles. The Balaban J connectivity index is 1.66. The number of fused-ring (bicyclic) bond motifs is 1. The first kappa shape index (κ1) is 26.3. The lowest BCUT2D eigenvalue weighted by Gasteiger charge is -2.14. The molecule has 0 atom stereocenters. The molecule has 0 aliphatic heterocycles. The number of ether oxygens (including phenoxy) is 2. The molecule has 0 radical (unpaired) electrons. The minimum absolute atomic E-state index is 0.0303. The molecule has 0 aliphatic carbocycles. The zero-order valence-electron chi connectivity index (χ0n) is 20.1. The number of halogens is 2. The number of benzene rings is 3. The first-order valence-corrected chi connectivity index (χ1v) is 12.3. The van der Waals surface area contributed by atoms with Gasteiger partial charge in [-0.05, 0) is 41.5 Å². The van der Waals surface area contributed by atoms with Gasteiger partial charge in [0.25, 0.3) is 11.2 Å². The number of hydrogen-bond donors (Lipinski definition) is 0. The van der Waals surface area contributed by atoms with E-state index in [9.17, 15) is 14.9 Å². The van der Waals surface area contributed by atoms with Crippen LogP contribution in [0.2, 0.25) is 5.02 Å². The van der Waals surface area contributed by atoms with Crippen LogP contribution < -0.4 is 15.0 Å². The molecular formula is C26H22BrClN4O5. The molecular weight excluding hydrogens is 564 g/mol. The number of aromatic nitrogens is 2. The summed E-state index contributed by atoms with van der Waals surface area (Å²) in [6.07, 6.45) is 1.50. The fraction of sp³-hybridized carbons (Fsp3) is 0.192. The van der Waals surface area contributed by atoms with Crippen molar-refractivity contribution in [2.75, 3.05) is 7.11 Å². The molecule has 11 heteroatoms. The zero-order valence-corrected chi connectivity index (χ0v) is 22.5. The molecule has 4 rings (SSSR count). The van der Waals surface area contributed by atoms with Gasteiger partial charge in [0.1, 0.15) is 12.4 Å². The van der Waals surface area contributed by atoms with E-state index in [0.29, 0.717) is 33.6 Å². The van der Waals surface area contributed by atoms with Crippen molar-refractivity contribution in [3.63, 3.8) is 0 Å². The molecule has 0 saturated heterocycles. The van der Waals surface area contributed by atoms with E-state index in [1.54, 1.807) is 36.4 Å². The second-order valence-electron chi connectivity index (χ2n) is 8.40. The standard InChI is InChI=1S/C26H22BrClN4O5/c1-15(2)25-30-22-8-7-18(27)12-20(22)26(33)31(25)29-13-17-10-21(28)24(23(11-17)36-3)37-14-16-5-4-6-19(9-16)32(34)35/h4-13,15H,14H2,1-3H3. The Morgan fingerprint density at radius 1 is 1.22 bits per heavy atom. The summed E-state index contributed by atoms with van der Waals surface area (Å²) in [5.41, 5.74) is 1.45. The van der Waals surface area contributed by atoms with Crippen LogP contribution in [0.25, 0.3) is 10.9 Å². The second kappa shape index (κ2) is 11.1. The predicted octanol–water partition coefficient (Wildman–Crippen LogP) is 6.31. The van der Waals surface area contributed by atoms with Crippen LogP contribution in [-0.4, -0.2) is 27.9 Å². The van der Waals surface area contributed by atoms with E-state index in [1.807, 2.05) is 19.9 Å². The molecule has 0 aliphatic rings. The number of methoxy groups -OCH3 is 1. The van der Waals surface area contributed by atoms with E-state index in [4.69, 9.17) is 21.1 Å². The molecule has 0 unspecified atom stereocenters. The molecule has 9 nitrogen and oxygen atoms in total. The molecule has 4 aromatic rings. The molecule has 0 amide bonds. The van der Waals surface area contributed by atoms with Crippen LogP contribution in [0.1, 0.15) is 36.7 Å². The van der Waals surface area contributed by atoms with E-state index < -0.39 is 4.92 Å². The molecule has 0 bridgehead atoms. The van der Waals surface area contributed by atoms with Crippen molar-refractivity contribution in [1.29, 1.82) is 0 Å². The van der Waals surface area contributed by atoms with E-state index >= 15 is 0 Å². The van der Waals surface area contributed by atoms with Crippen LogP contribution in [-0.2, 0) is 6.61 Å². The Morgan fingerprint density at radius 2 is 2.00 bits per heavy atom. The second-order valence-corrected chi connectivity index (χ2v) is 9.72. The van der Waals surface area contributed by atoms with Crippen LogP contribution in [0.3, 0.4) is 0 Å². The fourth-order valence-corrected chi connectivity index (χ4v) is 4.28. The summed E-state index contributed by atoms with van der Waals surface area (Å²) in [6, 6.07) is 14.8. The van der Waals surface area contributed by atoms with Crippen LogP contribution in [0, 0.1) is 10.1 Å². The third kappa shape index (κ3) is 5.81. The summed E-state index contributed by atoms with van der Waals surface area (Å²) in [6.45, 7) is 3.92. The van der Waals surface area contributed by atoms with E-state index in [1.165, 1.54) is 30.1 Å². The van der Waals surface area contributed by atoms with Crippen molar-refractivity contribution < 1.29 is 14.4 Å². The normalized spacial score (nSPS) is 11.4. The van der Waals surface area contributed by atoms with Gasteiger partial charge in [0.05, 0.1) is 34.2 Å². The van der Waals surface area contributed by atoms with Crippen LogP contribution in [0.15, 0.2) is 69.0 Å². The summed E-state index contributed by atoms with van der Waals surface area (Å²) in [5.74, 6) is 1.09. The lowest BCUT2D eigenvalue weighted by Crippen LogP contribution is -2.23. The summed E-state index contributed by atoms with van der Waals surface area (Å²) in [5, 5.41) is 16.1. The Hall–Kier alpha value is -3.76. The highest BCUT2D eigenvalue weighted by Gasteiger charge is 2.16. The minimum atomic E-state index is -0.467. The molecule has 37 heavy (non-hydrogen) atoms. The highest BCUT2D eigenvalue weighted by Crippen LogP contribution is 2.36. The van der Waals surface area contributed by atoms with Crippen LogP contribution in [0.4, 0.5) is 5.69 Å². The zero-order chi connectivity index (χ0) is 26.7. The van der Waals surface area contributed by atoms with Gasteiger partial charge in [-0.25, -0.2) is 4.98 Å². The van der Waals surface area contributed by atoms with E-state index in [2.05, 4.69) is 26.0 Å². The number of rotatable bonds is 8. The Kier molecular flexibility index (Phi) is 7.89. The number of hydrogen-bond acceptors (Lipinski definition) is 7. The van der Waals surface area contributed by atoms with Crippen molar-refractivity contribution in [2.24, 2.45) is 5.10 Å². The monoisotopic (exact) mass is 584 g/mol. The maximum atomic E-state index is 13.2. The van der Waals surface area contributed by atoms with Crippen molar-refractivity contribution >= 4 is 50.3 Å². The molecule has 1 heterocycles. The summed E-state index contributed by atoms with van der Waals surface area (Å²) < 4.78 is 13.3. The van der Waals surface area contributed by atoms with Crippen molar-refractivity contribution in [3.8, 4) is 11.5 Å². The molecule has 0 saturated carbocycles. The van der Waals surface area contributed by atoms with E-state index in [-0.39, 0.29) is 34.5 Å². The topological polar surface area (TPSA) is 109 Å². The smallest absolute Gasteiger partial charge is 0.282 e. The van der Waals surface area contributed by atoms with Gasteiger partial charge in [-0.1, -0.05) is 53.5 Å². The Morgan fingerprint density at radius 3 is 2.70 bits per heavy atom. The first-order valence-electron chi connectivity index (χ1n) is 11.2. The van der Waals surface area contributed by atoms with Crippen molar-refractivity contribution in [2.45, 2.75) is 26.4 Å². The van der Waals surface area contributed by atoms with Gasteiger partial charge in [0, 0.05) is 22.5 Å². The summed E-state index contributed by atoms with van der Waals surface area (Å²) >= 11 is 9.89. The van der Waals surface area contributed by atoms with Crippen LogP contribution >= 0.6 is 27.5 Å². The lowest BCUT2D eigenvalue weighted by atomic mass is 10.2.